The molecule has 1 aromatic rings. The highest BCUT2D eigenvalue weighted by Crippen LogP contribution is 2.24. The van der Waals surface area contributed by atoms with E-state index in [-0.39, 0.29) is 5.88 Å². The van der Waals surface area contributed by atoms with Crippen molar-refractivity contribution in [1.82, 2.24) is 9.97 Å². The molecule has 0 spiro atoms. The lowest BCUT2D eigenvalue weighted by atomic mass is 10.2. The summed E-state index contributed by atoms with van der Waals surface area (Å²) in [6.07, 6.45) is -2.72. The summed E-state index contributed by atoms with van der Waals surface area (Å²) in [5, 5.41) is 0. The zero-order chi connectivity index (χ0) is 13.6. The van der Waals surface area contributed by atoms with Crippen LogP contribution in [0.5, 0.6) is 5.88 Å². The minimum atomic E-state index is -4.24. The van der Waals surface area contributed by atoms with Crippen molar-refractivity contribution in [1.29, 1.82) is 0 Å². The molecule has 0 aliphatic carbocycles. The highest BCUT2D eigenvalue weighted by molar-refractivity contribution is 5.47. The molecule has 18 heavy (non-hydrogen) atoms. The van der Waals surface area contributed by atoms with Gasteiger partial charge < -0.3 is 10.2 Å². The summed E-state index contributed by atoms with van der Waals surface area (Å²) in [5.41, 5.74) is 2.96. The van der Waals surface area contributed by atoms with Crippen LogP contribution in [-0.4, -0.2) is 22.8 Å². The van der Waals surface area contributed by atoms with Crippen molar-refractivity contribution in [3.05, 3.63) is 11.9 Å². The maximum absolute atomic E-state index is 12.0. The van der Waals surface area contributed by atoms with Crippen LogP contribution in [-0.2, 0) is 6.42 Å². The Morgan fingerprint density at radius 3 is 2.67 bits per heavy atom. The molecule has 3 N–H and O–H groups in total. The normalized spacial score (nSPS) is 11.4. The number of nitrogen functional groups attached to an aromatic ring is 1. The molecule has 0 radical (unpaired) electrons. The molecule has 8 heteroatoms. The molecule has 0 saturated carbocycles. The van der Waals surface area contributed by atoms with Crippen LogP contribution in [0.2, 0.25) is 0 Å². The first kappa shape index (κ1) is 14.5. The van der Waals surface area contributed by atoms with Crippen molar-refractivity contribution < 1.29 is 17.9 Å². The number of ether oxygens (including phenoxy) is 1. The van der Waals surface area contributed by atoms with Gasteiger partial charge in [0.1, 0.15) is 12.1 Å². The van der Waals surface area contributed by atoms with Gasteiger partial charge in [0.25, 0.3) is 0 Å². The van der Waals surface area contributed by atoms with Crippen LogP contribution in [0.1, 0.15) is 25.3 Å². The van der Waals surface area contributed by atoms with Crippen LogP contribution in [0.15, 0.2) is 6.33 Å². The maximum atomic E-state index is 12.0. The molecule has 0 bridgehead atoms. The Kier molecular flexibility index (Phi) is 5.14. The number of hydrogen-bond donors (Lipinski definition) is 2. The number of halogens is 3. The summed E-state index contributed by atoms with van der Waals surface area (Å²) in [7, 11) is 0. The first-order valence-corrected chi connectivity index (χ1v) is 5.48. The van der Waals surface area contributed by atoms with Gasteiger partial charge in [-0.2, -0.15) is 13.2 Å². The first-order chi connectivity index (χ1) is 8.48. The Balaban J connectivity index is 2.75. The summed E-state index contributed by atoms with van der Waals surface area (Å²) in [4.78, 5) is 7.71. The summed E-state index contributed by atoms with van der Waals surface area (Å²) in [6.45, 7) is 1.45. The van der Waals surface area contributed by atoms with Gasteiger partial charge in [-0.15, -0.1) is 0 Å². The molecule has 0 fully saturated rings. The zero-order valence-corrected chi connectivity index (χ0v) is 9.92. The fourth-order valence-corrected chi connectivity index (χ4v) is 1.38. The molecule has 1 heterocycles. The van der Waals surface area contributed by atoms with Crippen molar-refractivity contribution in [2.24, 2.45) is 5.84 Å². The molecule has 0 aliphatic heterocycles. The van der Waals surface area contributed by atoms with Crippen LogP contribution in [0.4, 0.5) is 19.0 Å². The van der Waals surface area contributed by atoms with Gasteiger partial charge in [0, 0.05) is 0 Å². The van der Waals surface area contributed by atoms with Crippen LogP contribution in [0, 0.1) is 0 Å². The van der Waals surface area contributed by atoms with E-state index in [1.54, 1.807) is 0 Å². The van der Waals surface area contributed by atoms with E-state index in [9.17, 15) is 13.2 Å². The van der Waals surface area contributed by atoms with E-state index >= 15 is 0 Å². The summed E-state index contributed by atoms with van der Waals surface area (Å²) in [5.74, 6) is 5.78. The van der Waals surface area contributed by atoms with E-state index in [1.165, 1.54) is 6.33 Å². The molecule has 0 saturated heterocycles. The van der Waals surface area contributed by atoms with E-state index in [1.807, 2.05) is 6.92 Å². The molecule has 0 aliphatic rings. The van der Waals surface area contributed by atoms with E-state index < -0.39 is 19.2 Å². The largest absolute Gasteiger partial charge is 0.477 e. The van der Waals surface area contributed by atoms with Gasteiger partial charge >= 0.3 is 6.18 Å². The molecule has 0 atom stereocenters. The second-order valence-corrected chi connectivity index (χ2v) is 3.61. The number of anilines is 1. The van der Waals surface area contributed by atoms with Crippen LogP contribution < -0.4 is 16.0 Å². The van der Waals surface area contributed by atoms with Gasteiger partial charge in [0.2, 0.25) is 5.88 Å². The van der Waals surface area contributed by atoms with Crippen molar-refractivity contribution >= 4 is 5.82 Å². The molecule has 0 amide bonds. The predicted molar refractivity (Wildman–Crippen MR) is 60.0 cm³/mol. The second-order valence-electron chi connectivity index (χ2n) is 3.61. The molecule has 1 rings (SSSR count). The third-order valence-electron chi connectivity index (χ3n) is 2.17. The van der Waals surface area contributed by atoms with E-state index in [2.05, 4.69) is 15.4 Å². The van der Waals surface area contributed by atoms with E-state index in [0.29, 0.717) is 17.8 Å². The predicted octanol–water partition coefficient (Wildman–Crippen LogP) is 2.05. The van der Waals surface area contributed by atoms with Crippen molar-refractivity contribution in [3.8, 4) is 5.88 Å². The van der Waals surface area contributed by atoms with Crippen molar-refractivity contribution in [3.63, 3.8) is 0 Å². The number of hydrazine groups is 1. The maximum Gasteiger partial charge on any atom is 0.392 e. The van der Waals surface area contributed by atoms with Gasteiger partial charge in [-0.05, 0) is 6.42 Å². The third kappa shape index (κ3) is 4.36. The van der Waals surface area contributed by atoms with Crippen LogP contribution >= 0.6 is 0 Å². The van der Waals surface area contributed by atoms with Crippen molar-refractivity contribution in [2.45, 2.75) is 32.4 Å². The average molecular weight is 264 g/mol. The highest BCUT2D eigenvalue weighted by Gasteiger charge is 2.27. The Labute approximate surface area is 103 Å². The molecule has 0 aromatic carbocycles. The average Bonchev–Trinajstić information content (AvgIpc) is 2.29. The van der Waals surface area contributed by atoms with Crippen molar-refractivity contribution in [2.75, 3.05) is 12.0 Å². The van der Waals surface area contributed by atoms with Gasteiger partial charge in [-0.25, -0.2) is 15.8 Å². The summed E-state index contributed by atoms with van der Waals surface area (Å²) in [6, 6.07) is 0. The fourth-order valence-electron chi connectivity index (χ4n) is 1.38. The first-order valence-electron chi connectivity index (χ1n) is 5.48. The second kappa shape index (κ2) is 6.39. The van der Waals surface area contributed by atoms with Gasteiger partial charge in [-0.3, -0.25) is 0 Å². The molecule has 5 nitrogen and oxygen atoms in total. The number of aromatic nitrogens is 2. The molecule has 1 aromatic heterocycles. The standard InChI is InChI=1S/C10H15F3N4O/c1-2-3-7-8(17-14)15-6-16-9(7)18-5-4-10(11,12)13/h6H,2-5,14H2,1H3,(H,15,16,17). The zero-order valence-electron chi connectivity index (χ0n) is 9.92. The molecular weight excluding hydrogens is 249 g/mol. The monoisotopic (exact) mass is 264 g/mol. The Hall–Kier alpha value is -1.57. The van der Waals surface area contributed by atoms with E-state index in [4.69, 9.17) is 10.6 Å². The van der Waals surface area contributed by atoms with Crippen LogP contribution in [0.25, 0.3) is 0 Å². The third-order valence-corrected chi connectivity index (χ3v) is 2.17. The Bertz CT molecular complexity index is 384. The van der Waals surface area contributed by atoms with Gasteiger partial charge in [0.05, 0.1) is 18.6 Å². The number of nitrogens with one attached hydrogen (secondary N) is 1. The SMILES string of the molecule is CCCc1c(NN)ncnc1OCCC(F)(F)F. The lowest BCUT2D eigenvalue weighted by Gasteiger charge is -2.13. The Morgan fingerprint density at radius 2 is 2.11 bits per heavy atom. The van der Waals surface area contributed by atoms with Gasteiger partial charge in [0.15, 0.2) is 0 Å². The topological polar surface area (TPSA) is 73.1 Å². The number of rotatable bonds is 6. The number of nitrogens with zero attached hydrogens (tertiary/aromatic N) is 2. The number of hydrogen-bond acceptors (Lipinski definition) is 5. The Morgan fingerprint density at radius 1 is 1.39 bits per heavy atom. The highest BCUT2D eigenvalue weighted by atomic mass is 19.4. The molecule has 102 valence electrons. The minimum absolute atomic E-state index is 0.143. The summed E-state index contributed by atoms with van der Waals surface area (Å²) >= 11 is 0. The molecular formula is C10H15F3N4O. The lowest BCUT2D eigenvalue weighted by Crippen LogP contribution is -2.16. The quantitative estimate of drug-likeness (QED) is 0.607. The minimum Gasteiger partial charge on any atom is -0.477 e. The fraction of sp³-hybridized carbons (Fsp3) is 0.600. The van der Waals surface area contributed by atoms with Gasteiger partial charge in [-0.1, -0.05) is 13.3 Å². The number of nitrogens with two attached hydrogens (primary N) is 1. The van der Waals surface area contributed by atoms with Crippen LogP contribution in [0.3, 0.4) is 0 Å². The molecule has 0 unspecified atom stereocenters. The lowest BCUT2D eigenvalue weighted by molar-refractivity contribution is -0.139. The smallest absolute Gasteiger partial charge is 0.392 e. The van der Waals surface area contributed by atoms with E-state index in [0.717, 1.165) is 6.42 Å². The number of alkyl halides is 3. The summed E-state index contributed by atoms with van der Waals surface area (Å²) < 4.78 is 41.1.